The van der Waals surface area contributed by atoms with Crippen molar-refractivity contribution in [1.29, 1.82) is 0 Å². The van der Waals surface area contributed by atoms with Gasteiger partial charge in [0.15, 0.2) is 0 Å². The van der Waals surface area contributed by atoms with E-state index in [1.54, 1.807) is 6.20 Å². The van der Waals surface area contributed by atoms with Crippen molar-refractivity contribution in [3.63, 3.8) is 0 Å². The summed E-state index contributed by atoms with van der Waals surface area (Å²) in [4.78, 5) is 11.8. The maximum Gasteiger partial charge on any atom is 0.121 e. The first-order valence-corrected chi connectivity index (χ1v) is 7.00. The van der Waals surface area contributed by atoms with E-state index in [1.807, 2.05) is 30.7 Å². The molecule has 2 aromatic heterocycles. The SMILES string of the molecule is Clc1ccc2nc(CNCCCn3ccnc3)[nH]c2c1. The van der Waals surface area contributed by atoms with Crippen molar-refractivity contribution in [2.45, 2.75) is 19.5 Å². The second-order valence-corrected chi connectivity index (χ2v) is 5.11. The Morgan fingerprint density at radius 1 is 1.35 bits per heavy atom. The number of nitrogens with one attached hydrogen (secondary N) is 2. The molecule has 5 nitrogen and oxygen atoms in total. The highest BCUT2D eigenvalue weighted by Crippen LogP contribution is 2.16. The van der Waals surface area contributed by atoms with Gasteiger partial charge in [-0.15, -0.1) is 0 Å². The smallest absolute Gasteiger partial charge is 0.121 e. The van der Waals surface area contributed by atoms with Crippen LogP contribution in [0.25, 0.3) is 11.0 Å². The third-order valence-electron chi connectivity index (χ3n) is 3.11. The zero-order chi connectivity index (χ0) is 13.8. The first-order chi connectivity index (χ1) is 9.81. The van der Waals surface area contributed by atoms with Gasteiger partial charge in [0.2, 0.25) is 0 Å². The molecule has 0 amide bonds. The topological polar surface area (TPSA) is 58.5 Å². The van der Waals surface area contributed by atoms with Gasteiger partial charge >= 0.3 is 0 Å². The van der Waals surface area contributed by atoms with Crippen LogP contribution in [0.5, 0.6) is 0 Å². The van der Waals surface area contributed by atoms with Gasteiger partial charge in [-0.25, -0.2) is 9.97 Å². The molecule has 0 atom stereocenters. The third-order valence-corrected chi connectivity index (χ3v) is 3.35. The molecule has 3 aromatic rings. The van der Waals surface area contributed by atoms with Crippen LogP contribution in [-0.4, -0.2) is 26.1 Å². The average molecular weight is 290 g/mol. The molecule has 0 bridgehead atoms. The summed E-state index contributed by atoms with van der Waals surface area (Å²) < 4.78 is 2.07. The summed E-state index contributed by atoms with van der Waals surface area (Å²) in [6, 6.07) is 5.68. The molecule has 0 saturated heterocycles. The van der Waals surface area contributed by atoms with Gasteiger partial charge in [-0.2, -0.15) is 0 Å². The lowest BCUT2D eigenvalue weighted by Crippen LogP contribution is -2.17. The Kier molecular flexibility index (Phi) is 3.99. The molecule has 0 radical (unpaired) electrons. The van der Waals surface area contributed by atoms with Crippen LogP contribution in [0.2, 0.25) is 5.02 Å². The number of benzene rings is 1. The lowest BCUT2D eigenvalue weighted by atomic mass is 10.3. The molecule has 3 rings (SSSR count). The maximum atomic E-state index is 5.95. The van der Waals surface area contributed by atoms with Crippen LogP contribution in [0.1, 0.15) is 12.2 Å². The van der Waals surface area contributed by atoms with Crippen molar-refractivity contribution in [1.82, 2.24) is 24.8 Å². The second-order valence-electron chi connectivity index (χ2n) is 4.68. The molecule has 0 aliphatic heterocycles. The largest absolute Gasteiger partial charge is 0.341 e. The van der Waals surface area contributed by atoms with Crippen molar-refractivity contribution in [2.24, 2.45) is 0 Å². The molecule has 0 spiro atoms. The number of aromatic nitrogens is 4. The van der Waals surface area contributed by atoms with Crippen LogP contribution >= 0.6 is 11.6 Å². The van der Waals surface area contributed by atoms with E-state index in [4.69, 9.17) is 11.6 Å². The molecule has 1 aromatic carbocycles. The summed E-state index contributed by atoms with van der Waals surface area (Å²) >= 11 is 5.95. The molecule has 0 aliphatic rings. The highest BCUT2D eigenvalue weighted by atomic mass is 35.5. The standard InChI is InChI=1S/C14H16ClN5/c15-11-2-3-12-13(8-11)19-14(18-12)9-16-4-1-6-20-7-5-17-10-20/h2-3,5,7-8,10,16H,1,4,6,9H2,(H,18,19). The van der Waals surface area contributed by atoms with Crippen molar-refractivity contribution < 1.29 is 0 Å². The van der Waals surface area contributed by atoms with Gasteiger partial charge in [0.05, 0.1) is 23.9 Å². The fourth-order valence-electron chi connectivity index (χ4n) is 2.13. The van der Waals surface area contributed by atoms with E-state index in [9.17, 15) is 0 Å². The quantitative estimate of drug-likeness (QED) is 0.686. The predicted octanol–water partition coefficient (Wildman–Crippen LogP) is 2.59. The molecule has 2 N–H and O–H groups in total. The van der Waals surface area contributed by atoms with Crippen LogP contribution in [0.15, 0.2) is 36.9 Å². The molecule has 0 unspecified atom stereocenters. The second kappa shape index (κ2) is 6.07. The molecule has 0 fully saturated rings. The van der Waals surface area contributed by atoms with Crippen molar-refractivity contribution in [2.75, 3.05) is 6.54 Å². The fraction of sp³-hybridized carbons (Fsp3) is 0.286. The van der Waals surface area contributed by atoms with Gasteiger partial charge in [0, 0.05) is 24.0 Å². The summed E-state index contributed by atoms with van der Waals surface area (Å²) in [7, 11) is 0. The molecule has 20 heavy (non-hydrogen) atoms. The van der Waals surface area contributed by atoms with Crippen LogP contribution in [0.3, 0.4) is 0 Å². The van der Waals surface area contributed by atoms with E-state index < -0.39 is 0 Å². The summed E-state index contributed by atoms with van der Waals surface area (Å²) in [6.45, 7) is 2.65. The highest BCUT2D eigenvalue weighted by molar-refractivity contribution is 6.31. The van der Waals surface area contributed by atoms with E-state index in [2.05, 4.69) is 24.8 Å². The Morgan fingerprint density at radius 2 is 2.30 bits per heavy atom. The molecule has 0 aliphatic carbocycles. The summed E-state index contributed by atoms with van der Waals surface area (Å²) in [6.07, 6.45) is 6.67. The van der Waals surface area contributed by atoms with Crippen LogP contribution in [0.4, 0.5) is 0 Å². The Labute approximate surface area is 122 Å². The summed E-state index contributed by atoms with van der Waals surface area (Å²) in [5, 5.41) is 4.10. The molecular weight excluding hydrogens is 274 g/mol. The lowest BCUT2D eigenvalue weighted by molar-refractivity contribution is 0.574. The average Bonchev–Trinajstić information content (AvgIpc) is 3.06. The minimum atomic E-state index is 0.723. The number of halogens is 1. The number of fused-ring (bicyclic) bond motifs is 1. The van der Waals surface area contributed by atoms with E-state index in [0.717, 1.165) is 47.9 Å². The van der Waals surface area contributed by atoms with Crippen LogP contribution in [-0.2, 0) is 13.1 Å². The molecule has 6 heteroatoms. The van der Waals surface area contributed by atoms with Crippen molar-refractivity contribution in [3.05, 3.63) is 47.8 Å². The highest BCUT2D eigenvalue weighted by Gasteiger charge is 2.02. The minimum absolute atomic E-state index is 0.723. The number of H-pyrrole nitrogens is 1. The van der Waals surface area contributed by atoms with Gasteiger partial charge in [-0.05, 0) is 31.2 Å². The van der Waals surface area contributed by atoms with Gasteiger partial charge < -0.3 is 14.9 Å². The van der Waals surface area contributed by atoms with Gasteiger partial charge in [0.25, 0.3) is 0 Å². The number of rotatable bonds is 6. The van der Waals surface area contributed by atoms with Gasteiger partial charge in [-0.3, -0.25) is 0 Å². The number of imidazole rings is 2. The van der Waals surface area contributed by atoms with Crippen molar-refractivity contribution in [3.8, 4) is 0 Å². The minimum Gasteiger partial charge on any atom is -0.341 e. The Morgan fingerprint density at radius 3 is 3.15 bits per heavy atom. The van der Waals surface area contributed by atoms with Crippen LogP contribution in [0, 0.1) is 0 Å². The summed E-state index contributed by atoms with van der Waals surface area (Å²) in [5.41, 5.74) is 1.93. The predicted molar refractivity (Wildman–Crippen MR) is 79.7 cm³/mol. The van der Waals surface area contributed by atoms with Gasteiger partial charge in [-0.1, -0.05) is 11.6 Å². The van der Waals surface area contributed by atoms with E-state index in [-0.39, 0.29) is 0 Å². The third kappa shape index (κ3) is 3.18. The maximum absolute atomic E-state index is 5.95. The van der Waals surface area contributed by atoms with E-state index in [0.29, 0.717) is 0 Å². The Bertz CT molecular complexity index is 674. The van der Waals surface area contributed by atoms with E-state index >= 15 is 0 Å². The van der Waals surface area contributed by atoms with E-state index in [1.165, 1.54) is 0 Å². The lowest BCUT2D eigenvalue weighted by Gasteiger charge is -2.03. The fourth-order valence-corrected chi connectivity index (χ4v) is 2.30. The molecular formula is C14H16ClN5. The first-order valence-electron chi connectivity index (χ1n) is 6.62. The number of aromatic amines is 1. The van der Waals surface area contributed by atoms with Gasteiger partial charge in [0.1, 0.15) is 5.82 Å². The molecule has 0 saturated carbocycles. The Hall–Kier alpha value is -1.85. The zero-order valence-corrected chi connectivity index (χ0v) is 11.8. The zero-order valence-electron chi connectivity index (χ0n) is 11.0. The Balaban J connectivity index is 1.47. The molecule has 2 heterocycles. The number of hydrogen-bond donors (Lipinski definition) is 2. The van der Waals surface area contributed by atoms with Crippen LogP contribution < -0.4 is 5.32 Å². The molecule has 104 valence electrons. The number of aryl methyl sites for hydroxylation is 1. The first kappa shape index (κ1) is 13.1. The monoisotopic (exact) mass is 289 g/mol. The summed E-state index contributed by atoms with van der Waals surface area (Å²) in [5.74, 6) is 0.935. The van der Waals surface area contributed by atoms with Crippen molar-refractivity contribution >= 4 is 22.6 Å². The normalized spacial score (nSPS) is 11.2. The number of nitrogens with zero attached hydrogens (tertiary/aromatic N) is 3. The number of hydrogen-bond acceptors (Lipinski definition) is 3.